The largest absolute Gasteiger partial charge is 0.744 e. The lowest BCUT2D eigenvalue weighted by Crippen LogP contribution is -2.31. The number of benzene rings is 12. The number of ether oxygens (including phenoxy) is 7. The van der Waals surface area contributed by atoms with Gasteiger partial charge in [0.2, 0.25) is 0 Å². The molecule has 1 aliphatic carbocycles. The number of para-hydroxylation sites is 1. The first kappa shape index (κ1) is 110. The van der Waals surface area contributed by atoms with E-state index in [4.69, 9.17) is 43.4 Å². The van der Waals surface area contributed by atoms with E-state index in [0.29, 0.717) is 75.4 Å². The van der Waals surface area contributed by atoms with Crippen LogP contribution in [-0.4, -0.2) is 87.2 Å². The van der Waals surface area contributed by atoms with E-state index in [1.807, 2.05) is 142 Å². The number of anilines is 2. The Balaban J connectivity index is 0.000000219. The van der Waals surface area contributed by atoms with Gasteiger partial charge < -0.3 is 52.8 Å². The third-order valence-corrected chi connectivity index (χ3v) is 27.1. The summed E-state index contributed by atoms with van der Waals surface area (Å²) in [4.78, 5) is 41.1. The van der Waals surface area contributed by atoms with E-state index in [9.17, 15) is 27.4 Å². The average molecular weight is 1870 g/mol. The highest BCUT2D eigenvalue weighted by atomic mass is 32.2. The molecule has 1 fully saturated rings. The Morgan fingerprint density at radius 2 is 0.807 bits per heavy atom. The number of hydrogen-bond donors (Lipinski definition) is 3. The third kappa shape index (κ3) is 40.2. The van der Waals surface area contributed by atoms with Crippen molar-refractivity contribution in [2.45, 2.75) is 249 Å². The molecule has 2 amide bonds. The van der Waals surface area contributed by atoms with Crippen LogP contribution in [0.5, 0.6) is 34.5 Å². The molecular weight excluding hydrogens is 1730 g/mol. The molecule has 8 unspecified atom stereocenters. The van der Waals surface area contributed by atoms with Gasteiger partial charge in [-0.3, -0.25) is 10.1 Å². The molecule has 17 nitrogen and oxygen atoms in total. The number of hydrogen-bond acceptors (Lipinski definition) is 15. The zero-order valence-electron chi connectivity index (χ0n) is 82.0. The van der Waals surface area contributed by atoms with Gasteiger partial charge in [-0.05, 0) is 298 Å². The molecule has 19 heteroatoms. The van der Waals surface area contributed by atoms with Crippen LogP contribution >= 0.6 is 0 Å². The van der Waals surface area contributed by atoms with Gasteiger partial charge >= 0.3 is 12.1 Å². The van der Waals surface area contributed by atoms with Crippen molar-refractivity contribution >= 4 is 50.4 Å². The van der Waals surface area contributed by atoms with Gasteiger partial charge in [0.25, 0.3) is 5.91 Å². The molecule has 0 bridgehead atoms. The van der Waals surface area contributed by atoms with Crippen molar-refractivity contribution in [3.63, 3.8) is 0 Å². The highest BCUT2D eigenvalue weighted by Crippen LogP contribution is 2.34. The molecule has 12 aromatic rings. The Hall–Kier alpha value is -12.0. The first-order valence-electron chi connectivity index (χ1n) is 47.7. The van der Waals surface area contributed by atoms with Crippen LogP contribution < -0.4 is 29.2 Å². The van der Waals surface area contributed by atoms with Crippen LogP contribution in [0.3, 0.4) is 0 Å². The number of amides is 2. The summed E-state index contributed by atoms with van der Waals surface area (Å²) in [5, 5.41) is 20.7. The van der Waals surface area contributed by atoms with Crippen LogP contribution in [0.15, 0.2) is 335 Å². The number of carbonyl (C=O) groups is 3. The van der Waals surface area contributed by atoms with Crippen molar-refractivity contribution in [3.8, 4) is 34.5 Å². The average Bonchev–Trinajstić information content (AvgIpc) is 0.824. The molecule has 0 heterocycles. The normalized spacial score (nSPS) is 13.3. The Morgan fingerprint density at radius 3 is 1.24 bits per heavy atom. The molecule has 12 aromatic carbocycles. The van der Waals surface area contributed by atoms with Crippen molar-refractivity contribution < 1.29 is 70.7 Å². The number of aryl methyl sites for hydroxylation is 1. The fourth-order valence-corrected chi connectivity index (χ4v) is 16.8. The van der Waals surface area contributed by atoms with Crippen molar-refractivity contribution in [2.24, 2.45) is 5.92 Å². The fourth-order valence-electron chi connectivity index (χ4n) is 14.2. The lowest BCUT2D eigenvalue weighted by Gasteiger charge is -2.22. The fraction of sp³-hybridized carbons (Fsp3) is 0.353. The number of nitrogens with one attached hydrogen (secondary N) is 1. The molecule has 0 saturated heterocycles. The third-order valence-electron chi connectivity index (χ3n) is 24.0. The summed E-state index contributed by atoms with van der Waals surface area (Å²) in [7, 11) is -2.96. The van der Waals surface area contributed by atoms with E-state index in [1.54, 1.807) is 49.5 Å². The van der Waals surface area contributed by atoms with Crippen LogP contribution in [-0.2, 0) is 40.0 Å². The highest BCUT2D eigenvalue weighted by molar-refractivity contribution is 7.97. The predicted octanol–water partition coefficient (Wildman–Crippen LogP) is 29.6. The lowest BCUT2D eigenvalue weighted by atomic mass is 9.87. The molecule has 135 heavy (non-hydrogen) atoms. The van der Waals surface area contributed by atoms with Gasteiger partial charge in [-0.15, -0.1) is 0 Å². The van der Waals surface area contributed by atoms with Gasteiger partial charge in [0.15, 0.2) is 33.9 Å². The minimum absolute atomic E-state index is 0.0146. The second-order valence-corrected chi connectivity index (χ2v) is 37.4. The second-order valence-electron chi connectivity index (χ2n) is 34.0. The van der Waals surface area contributed by atoms with Crippen molar-refractivity contribution in [1.29, 1.82) is 0 Å². The smallest absolute Gasteiger partial charge is 0.411 e. The number of phenols is 2. The minimum atomic E-state index is -4.50. The Labute approximate surface area is 808 Å². The van der Waals surface area contributed by atoms with E-state index in [0.717, 1.165) is 68.1 Å². The molecule has 1 saturated carbocycles. The van der Waals surface area contributed by atoms with E-state index < -0.39 is 22.5 Å². The van der Waals surface area contributed by atoms with Crippen molar-refractivity contribution in [2.75, 3.05) is 43.7 Å². The number of nitrogens with zero attached hydrogens (tertiary/aromatic N) is 1. The molecule has 3 N–H and O–H groups in total. The van der Waals surface area contributed by atoms with Crippen LogP contribution in [0.2, 0.25) is 0 Å². The molecule has 0 spiro atoms. The molecule has 0 aromatic heterocycles. The number of carbonyl (C=O) groups excluding carboxylic acids is 3. The summed E-state index contributed by atoms with van der Waals surface area (Å²) in [5.74, 6) is 7.08. The molecule has 13 rings (SSSR count). The molecule has 0 aliphatic heterocycles. The maximum absolute atomic E-state index is 12.2. The predicted molar refractivity (Wildman–Crippen MR) is 550 cm³/mol. The van der Waals surface area contributed by atoms with Gasteiger partial charge in [0.05, 0.1) is 34.6 Å². The van der Waals surface area contributed by atoms with Gasteiger partial charge in [0, 0.05) is 18.4 Å². The van der Waals surface area contributed by atoms with E-state index in [2.05, 4.69) is 216 Å². The number of likely N-dealkylation sites (N-methyl/N-ethyl adjacent to an activating group) is 1. The van der Waals surface area contributed by atoms with Crippen LogP contribution in [0.4, 0.5) is 16.2 Å². The second kappa shape index (κ2) is 60.4. The Kier molecular flexibility index (Phi) is 49.2. The van der Waals surface area contributed by atoms with Gasteiger partial charge in [-0.25, -0.2) is 18.0 Å². The summed E-state index contributed by atoms with van der Waals surface area (Å²) in [6.45, 7) is 32.9. The van der Waals surface area contributed by atoms with E-state index in [1.165, 1.54) is 116 Å². The standard InChI is InChI=1S/C21H27NO4.C20H32O2.C19H23NO5S.C18H20O2.C18H15S.2C10H14O/c1-4-16(2)18-10-12-20(13-11-18)26-17(3)24-14-15-25-21(23)22-19-8-6-5-7-9-19;1-4-16(2)19-11-8-12-20(15-19)22-17(3)21-14-13-18-9-6-5-7-10-18;1-4-14(2)15-5-9-17(10-6-15)25-13-19(21)20(3)16-7-11-18(12-8-16)26(22,23)24;1-4-13(2)15-9-7-10-16(12-15)20-18(19)17-11-6-5-8-14(17)3;1-4-10-16(11-5-1)19(17-12-6-2-7-13-17)18-14-8-3-9-15-18;2*1-3-8(2)9-4-6-10(11)7-5-9/h5-13,16-17H,4,14-15H2,1-3H3,(H,22,23);8,11-12,15-18H,4-7,9-10,13-14H2,1-3H3;5-12,14H,4,13H2,1-3H3,(H,22,23,24);5-13H,4H2,1-3H3;1-15H;2*4-8,11H,3H2,1-2H3/q;;;;+1;;/p-1. The van der Waals surface area contributed by atoms with Crippen LogP contribution in [0, 0.1) is 12.8 Å². The van der Waals surface area contributed by atoms with Crippen molar-refractivity contribution in [3.05, 3.63) is 360 Å². The molecule has 1 aliphatic rings. The topological polar surface area (TPSA) is 229 Å². The van der Waals surface area contributed by atoms with Crippen LogP contribution in [0.25, 0.3) is 0 Å². The quantitative estimate of drug-likeness (QED) is 0.00838. The number of aromatic hydroxyl groups is 2. The Morgan fingerprint density at radius 1 is 0.422 bits per heavy atom. The van der Waals surface area contributed by atoms with Gasteiger partial charge in [-0.1, -0.05) is 279 Å². The summed E-state index contributed by atoms with van der Waals surface area (Å²) in [5.41, 5.74) is 10.3. The number of esters is 1. The Bertz CT molecular complexity index is 5280. The molecule has 0 radical (unpaired) electrons. The monoisotopic (exact) mass is 1870 g/mol. The maximum atomic E-state index is 12.2. The summed E-state index contributed by atoms with van der Waals surface area (Å²) in [6, 6.07) is 101. The van der Waals surface area contributed by atoms with Crippen molar-refractivity contribution in [1.82, 2.24) is 0 Å². The molecular formula is C116H144N2O15S2. The zero-order chi connectivity index (χ0) is 97.9. The van der Waals surface area contributed by atoms with E-state index >= 15 is 0 Å². The first-order valence-corrected chi connectivity index (χ1v) is 50.3. The SMILES string of the molecule is CCC(C)c1ccc(O)cc1.CCC(C)c1ccc(O)cc1.CCC(C)c1ccc(OC(C)OCCOC(=O)Nc2ccccc2)cc1.CCC(C)c1ccc(OCC(=O)N(C)c2ccc(S(=O)(=O)[O-])cc2)cc1.CCC(C)c1cccc(OC(=O)c2ccccc2C)c1.CCC(C)c1cccc(OC(C)OCCC2CCCCC2)c1.c1ccc([S+](c2ccccc2)c2ccccc2)cc1. The zero-order valence-corrected chi connectivity index (χ0v) is 83.6. The van der Waals surface area contributed by atoms with Gasteiger partial charge in [0.1, 0.15) is 51.2 Å². The highest BCUT2D eigenvalue weighted by Gasteiger charge is 2.28. The summed E-state index contributed by atoms with van der Waals surface area (Å²) >= 11 is 0. The molecule has 8 atom stereocenters. The first-order chi connectivity index (χ1) is 65.0. The number of rotatable bonds is 35. The van der Waals surface area contributed by atoms with E-state index in [-0.39, 0.29) is 53.8 Å². The summed E-state index contributed by atoms with van der Waals surface area (Å²) in [6.07, 6.45) is 13.7. The van der Waals surface area contributed by atoms with Crippen LogP contribution in [0.1, 0.15) is 259 Å². The summed E-state index contributed by atoms with van der Waals surface area (Å²) < 4.78 is 71.9. The maximum Gasteiger partial charge on any atom is 0.411 e. The lowest BCUT2D eigenvalue weighted by molar-refractivity contribution is -0.120. The minimum Gasteiger partial charge on any atom is -0.744 e. The molecule has 720 valence electrons. The van der Waals surface area contributed by atoms with Gasteiger partial charge in [-0.2, -0.15) is 0 Å². The number of phenolic OH excluding ortho intramolecular Hbond substituents is 2.